The molecule has 10 nitrogen and oxygen atoms in total. The molecule has 0 aromatic heterocycles. The van der Waals surface area contributed by atoms with Crippen LogP contribution in [-0.2, 0) is 20.9 Å². The summed E-state index contributed by atoms with van der Waals surface area (Å²) in [5, 5.41) is 41.6. The third-order valence-electron chi connectivity index (χ3n) is 4.02. The second-order valence-electron chi connectivity index (χ2n) is 5.88. The van der Waals surface area contributed by atoms with E-state index in [1.165, 1.54) is 18.2 Å². The molecule has 5 atom stereocenters. The topological polar surface area (TPSA) is 155 Å². The van der Waals surface area contributed by atoms with Crippen molar-refractivity contribution in [3.8, 4) is 5.75 Å². The molecule has 1 heterocycles. The lowest BCUT2D eigenvalue weighted by atomic mass is 9.99. The standard InChI is InChI=1S/C17H23NO9/c1-2-18-16(24)10-5-9(7-25-8-20)3-4-11(10)26-17-15(23)14(22)13(21)12(6-19)27-17/h3-5,8,12-15,17,19,21-23H,2,6-7H2,1H3,(H,18,24)/t12-,13+,14+,15-,17?/m1/s1/i8T. The first kappa shape index (κ1) is 19.5. The first-order valence-corrected chi connectivity index (χ1v) is 8.30. The van der Waals surface area contributed by atoms with Crippen LogP contribution < -0.4 is 10.1 Å². The Hall–Kier alpha value is -2.24. The fourth-order valence-corrected chi connectivity index (χ4v) is 2.61. The van der Waals surface area contributed by atoms with E-state index in [0.717, 1.165) is 0 Å². The maximum Gasteiger partial charge on any atom is 0.293 e. The number of carbonyl (C=O) groups excluding carboxylic acids is 2. The van der Waals surface area contributed by atoms with E-state index in [0.29, 0.717) is 12.1 Å². The number of rotatable bonds is 7. The lowest BCUT2D eigenvalue weighted by Gasteiger charge is -2.39. The summed E-state index contributed by atoms with van der Waals surface area (Å²) in [7, 11) is 0. The van der Waals surface area contributed by atoms with Gasteiger partial charge in [-0.15, -0.1) is 0 Å². The second-order valence-corrected chi connectivity index (χ2v) is 5.88. The number of hydrogen-bond donors (Lipinski definition) is 5. The maximum absolute atomic E-state index is 12.3. The summed E-state index contributed by atoms with van der Waals surface area (Å²) in [4.78, 5) is 23.0. The predicted molar refractivity (Wildman–Crippen MR) is 89.7 cm³/mol. The van der Waals surface area contributed by atoms with E-state index in [2.05, 4.69) is 10.1 Å². The first-order chi connectivity index (χ1) is 13.3. The summed E-state index contributed by atoms with van der Waals surface area (Å²) >= 11 is 0. The Morgan fingerprint density at radius 1 is 1.33 bits per heavy atom. The minimum Gasteiger partial charge on any atom is -0.463 e. The van der Waals surface area contributed by atoms with Gasteiger partial charge in [0.2, 0.25) is 6.29 Å². The highest BCUT2D eigenvalue weighted by Crippen LogP contribution is 2.27. The summed E-state index contributed by atoms with van der Waals surface area (Å²) in [5.41, 5.74) is 0.459. The lowest BCUT2D eigenvalue weighted by molar-refractivity contribution is -0.277. The van der Waals surface area contributed by atoms with E-state index in [1.54, 1.807) is 6.92 Å². The molecule has 0 radical (unpaired) electrons. The average Bonchev–Trinajstić information content (AvgIpc) is 2.67. The van der Waals surface area contributed by atoms with Gasteiger partial charge in [-0.2, -0.15) is 0 Å². The number of hydrogen-bond acceptors (Lipinski definition) is 9. The molecule has 1 aliphatic rings. The number of benzene rings is 1. The molecule has 0 bridgehead atoms. The molecule has 2 rings (SSSR count). The van der Waals surface area contributed by atoms with E-state index in [-0.39, 0.29) is 17.9 Å². The van der Waals surface area contributed by atoms with Gasteiger partial charge in [0.25, 0.3) is 12.4 Å². The van der Waals surface area contributed by atoms with E-state index < -0.39 is 49.7 Å². The van der Waals surface area contributed by atoms with Gasteiger partial charge in [0, 0.05) is 6.54 Å². The molecule has 1 unspecified atom stereocenters. The van der Waals surface area contributed by atoms with Crippen molar-refractivity contribution in [1.82, 2.24) is 5.32 Å². The van der Waals surface area contributed by atoms with Crippen LogP contribution in [0.1, 0.15) is 24.2 Å². The Bertz CT molecular complexity index is 699. The van der Waals surface area contributed by atoms with Gasteiger partial charge in [-0.25, -0.2) is 0 Å². The molecule has 0 aliphatic carbocycles. The Kier molecular flexibility index (Phi) is 6.96. The summed E-state index contributed by atoms with van der Waals surface area (Å²) < 4.78 is 22.2. The zero-order valence-electron chi connectivity index (χ0n) is 15.6. The molecule has 1 saturated heterocycles. The van der Waals surface area contributed by atoms with Gasteiger partial charge in [-0.3, -0.25) is 9.59 Å². The van der Waals surface area contributed by atoms with Crippen molar-refractivity contribution in [2.45, 2.75) is 44.2 Å². The van der Waals surface area contributed by atoms with Crippen LogP contribution in [0, 0.1) is 0 Å². The van der Waals surface area contributed by atoms with E-state index in [4.69, 9.17) is 10.8 Å². The van der Waals surface area contributed by atoms with Crippen molar-refractivity contribution in [3.05, 3.63) is 29.3 Å². The van der Waals surface area contributed by atoms with E-state index in [1.807, 2.05) is 0 Å². The van der Waals surface area contributed by atoms with Crippen molar-refractivity contribution < 1.29 is 45.6 Å². The third-order valence-corrected chi connectivity index (χ3v) is 4.02. The van der Waals surface area contributed by atoms with Crippen LogP contribution in [-0.4, -0.2) is 76.6 Å². The second kappa shape index (κ2) is 9.62. The number of nitrogens with one attached hydrogen (secondary N) is 1. The van der Waals surface area contributed by atoms with Crippen LogP contribution in [0.2, 0.25) is 0 Å². The number of ether oxygens (including phenoxy) is 3. The van der Waals surface area contributed by atoms with Crippen molar-refractivity contribution in [1.29, 1.82) is 0 Å². The Morgan fingerprint density at radius 3 is 2.70 bits per heavy atom. The summed E-state index contributed by atoms with van der Waals surface area (Å²) in [6.45, 7) is 1.19. The largest absolute Gasteiger partial charge is 0.463 e. The highest BCUT2D eigenvalue weighted by atomic mass is 16.7. The Balaban J connectivity index is 2.27. The fourth-order valence-electron chi connectivity index (χ4n) is 2.61. The third kappa shape index (κ3) is 4.93. The van der Waals surface area contributed by atoms with Gasteiger partial charge in [0.1, 0.15) is 36.8 Å². The molecule has 1 fully saturated rings. The number of aliphatic hydroxyl groups is 4. The monoisotopic (exact) mass is 387 g/mol. The van der Waals surface area contributed by atoms with Crippen LogP contribution in [0.5, 0.6) is 5.75 Å². The van der Waals surface area contributed by atoms with E-state index in [9.17, 15) is 30.0 Å². The van der Waals surface area contributed by atoms with Gasteiger partial charge in [0.15, 0.2) is 1.37 Å². The van der Waals surface area contributed by atoms with Crippen molar-refractivity contribution in [2.24, 2.45) is 0 Å². The minimum atomic E-state index is -1.64. The molecule has 1 amide bonds. The van der Waals surface area contributed by atoms with Crippen molar-refractivity contribution in [2.75, 3.05) is 13.2 Å². The SMILES string of the molecule is [3H]C(=O)OCc1ccc(OC2O[C@H](CO)[C@H](O)[C@H](O)[C@H]2O)c(C(=O)NCC)c1. The predicted octanol–water partition coefficient (Wildman–Crippen LogP) is -1.71. The van der Waals surface area contributed by atoms with Crippen LogP contribution in [0.4, 0.5) is 0 Å². The number of carbonyl (C=O) groups is 2. The normalized spacial score (nSPS) is 28.2. The van der Waals surface area contributed by atoms with Gasteiger partial charge in [0.05, 0.1) is 12.2 Å². The van der Waals surface area contributed by atoms with Crippen molar-refractivity contribution in [3.63, 3.8) is 0 Å². The van der Waals surface area contributed by atoms with Crippen LogP contribution in [0.25, 0.3) is 0 Å². The Labute approximate surface area is 156 Å². The zero-order chi connectivity index (χ0) is 20.8. The Morgan fingerprint density at radius 2 is 2.07 bits per heavy atom. The number of amides is 1. The smallest absolute Gasteiger partial charge is 0.293 e. The van der Waals surface area contributed by atoms with Gasteiger partial charge >= 0.3 is 0 Å². The fraction of sp³-hybridized carbons (Fsp3) is 0.529. The molecule has 0 spiro atoms. The van der Waals surface area contributed by atoms with Gasteiger partial charge in [-0.1, -0.05) is 6.07 Å². The zero-order valence-corrected chi connectivity index (χ0v) is 14.6. The van der Waals surface area contributed by atoms with Crippen LogP contribution in [0.3, 0.4) is 0 Å². The summed E-state index contributed by atoms with van der Waals surface area (Å²) in [6.07, 6.45) is -8.64. The quantitative estimate of drug-likeness (QED) is 0.344. The molecule has 1 aliphatic heterocycles. The van der Waals surface area contributed by atoms with Gasteiger partial charge in [-0.05, 0) is 24.6 Å². The molecule has 10 heteroatoms. The molecule has 0 saturated carbocycles. The highest BCUT2D eigenvalue weighted by Gasteiger charge is 2.45. The van der Waals surface area contributed by atoms with Crippen LogP contribution in [0.15, 0.2) is 18.2 Å². The van der Waals surface area contributed by atoms with Gasteiger partial charge < -0.3 is 40.0 Å². The summed E-state index contributed by atoms with van der Waals surface area (Å²) in [6, 6.07) is 4.23. The van der Waals surface area contributed by atoms with Crippen molar-refractivity contribution >= 4 is 12.4 Å². The minimum absolute atomic E-state index is 0.00349. The lowest BCUT2D eigenvalue weighted by Crippen LogP contribution is -2.60. The number of aliphatic hydroxyl groups excluding tert-OH is 4. The molecule has 27 heavy (non-hydrogen) atoms. The highest BCUT2D eigenvalue weighted by molar-refractivity contribution is 5.97. The summed E-state index contributed by atoms with van der Waals surface area (Å²) in [5.74, 6) is -0.516. The molecular weight excluding hydrogens is 362 g/mol. The van der Waals surface area contributed by atoms with E-state index >= 15 is 0 Å². The first-order valence-electron chi connectivity index (χ1n) is 8.80. The molecule has 1 aromatic carbocycles. The van der Waals surface area contributed by atoms with Crippen LogP contribution >= 0.6 is 0 Å². The average molecular weight is 387 g/mol. The molecule has 1 aromatic rings. The molecule has 150 valence electrons. The maximum atomic E-state index is 12.3. The molecular formula is C17H23NO9. The molecule has 5 N–H and O–H groups in total.